The number of carbonyl (C=O) groups excluding carboxylic acids is 1. The monoisotopic (exact) mass is 361 g/mol. The van der Waals surface area contributed by atoms with E-state index in [-0.39, 0.29) is 6.54 Å². The van der Waals surface area contributed by atoms with E-state index in [0.29, 0.717) is 5.75 Å². The highest BCUT2D eigenvalue weighted by atomic mass is 32.2. The number of carboxylic acids is 1. The second-order valence-electron chi connectivity index (χ2n) is 5.83. The molecule has 1 saturated heterocycles. The smallest absolute Gasteiger partial charge is 0.406 e. The summed E-state index contributed by atoms with van der Waals surface area (Å²) in [7, 11) is 0. The number of carbonyl (C=O) groups is 2. The summed E-state index contributed by atoms with van der Waals surface area (Å²) in [5.41, 5.74) is -1.84. The zero-order valence-electron chi connectivity index (χ0n) is 13.0. The summed E-state index contributed by atoms with van der Waals surface area (Å²) in [6.07, 6.45) is -5.48. The minimum Gasteiger partial charge on any atom is -0.481 e. The number of alkyl halides is 3. The third-order valence-corrected chi connectivity index (χ3v) is 5.43. The molecule has 1 N–H and O–H groups in total. The number of thioether (sulfide) groups is 1. The quantitative estimate of drug-likeness (QED) is 0.875. The first-order valence-corrected chi connectivity index (χ1v) is 8.47. The van der Waals surface area contributed by atoms with Crippen LogP contribution in [0.2, 0.25) is 0 Å². The molecule has 1 aliphatic heterocycles. The zero-order valence-corrected chi connectivity index (χ0v) is 13.9. The second-order valence-corrected chi connectivity index (χ2v) is 7.16. The number of carboxylic acid groups (broad SMARTS) is 1. The van der Waals surface area contributed by atoms with Crippen molar-refractivity contribution in [2.45, 2.75) is 30.5 Å². The Kier molecular flexibility index (Phi) is 5.47. The summed E-state index contributed by atoms with van der Waals surface area (Å²) >= 11 is 1.32. The molecule has 0 radical (unpaired) electrons. The molecule has 1 aliphatic rings. The van der Waals surface area contributed by atoms with Crippen molar-refractivity contribution < 1.29 is 27.9 Å². The van der Waals surface area contributed by atoms with Gasteiger partial charge in [0.15, 0.2) is 5.41 Å². The van der Waals surface area contributed by atoms with Crippen molar-refractivity contribution >= 4 is 23.6 Å². The third kappa shape index (κ3) is 3.68. The maximum atomic E-state index is 13.1. The Balaban J connectivity index is 1.99. The largest absolute Gasteiger partial charge is 0.481 e. The first-order valence-electron chi connectivity index (χ1n) is 7.42. The zero-order chi connectivity index (χ0) is 18.0. The van der Waals surface area contributed by atoms with E-state index < -0.39 is 41.7 Å². The van der Waals surface area contributed by atoms with Gasteiger partial charge in [-0.05, 0) is 18.9 Å². The van der Waals surface area contributed by atoms with Crippen LogP contribution >= 0.6 is 11.8 Å². The molecule has 132 valence electrons. The Morgan fingerprint density at radius 2 is 1.96 bits per heavy atom. The molecule has 0 aliphatic carbocycles. The molecule has 0 aromatic heterocycles. The molecule has 0 bridgehead atoms. The average Bonchev–Trinajstić information content (AvgIpc) is 2.99. The van der Waals surface area contributed by atoms with Crippen molar-refractivity contribution in [2.75, 3.05) is 13.1 Å². The first-order chi connectivity index (χ1) is 11.2. The summed E-state index contributed by atoms with van der Waals surface area (Å²) < 4.78 is 39.4. The molecule has 2 unspecified atom stereocenters. The van der Waals surface area contributed by atoms with Crippen LogP contribution in [0.1, 0.15) is 18.9 Å². The Morgan fingerprint density at radius 1 is 1.33 bits per heavy atom. The van der Waals surface area contributed by atoms with Gasteiger partial charge in [-0.1, -0.05) is 30.3 Å². The van der Waals surface area contributed by atoms with Gasteiger partial charge in [0.2, 0.25) is 5.91 Å². The van der Waals surface area contributed by atoms with Gasteiger partial charge in [-0.15, -0.1) is 11.8 Å². The lowest BCUT2D eigenvalue weighted by Crippen LogP contribution is -2.48. The van der Waals surface area contributed by atoms with Crippen LogP contribution in [0.3, 0.4) is 0 Å². The normalized spacial score (nSPS) is 22.4. The van der Waals surface area contributed by atoms with Crippen LogP contribution in [0.15, 0.2) is 30.3 Å². The van der Waals surface area contributed by atoms with Crippen molar-refractivity contribution in [2.24, 2.45) is 5.41 Å². The standard InChI is InChI=1S/C16H18F3NO3S/c1-11(24-9-12-5-3-2-4-6-12)13(21)20-8-7-15(10-20,14(22)23)16(17,18)19/h2-6,11H,7-10H2,1H3,(H,22,23). The number of likely N-dealkylation sites (tertiary alicyclic amines) is 1. The van der Waals surface area contributed by atoms with Crippen molar-refractivity contribution in [1.82, 2.24) is 4.90 Å². The molecule has 2 rings (SSSR count). The van der Waals surface area contributed by atoms with E-state index in [1.54, 1.807) is 6.92 Å². The van der Waals surface area contributed by atoms with Crippen LogP contribution in [0.4, 0.5) is 13.2 Å². The van der Waals surface area contributed by atoms with Crippen LogP contribution < -0.4 is 0 Å². The van der Waals surface area contributed by atoms with Gasteiger partial charge in [0.1, 0.15) is 0 Å². The average molecular weight is 361 g/mol. The van der Waals surface area contributed by atoms with Gasteiger partial charge in [0, 0.05) is 18.8 Å². The SMILES string of the molecule is CC(SCc1ccccc1)C(=O)N1CCC(C(=O)O)(C(F)(F)F)C1. The predicted molar refractivity (Wildman–Crippen MR) is 84.5 cm³/mol. The lowest BCUT2D eigenvalue weighted by molar-refractivity contribution is -0.227. The summed E-state index contributed by atoms with van der Waals surface area (Å²) in [6.45, 7) is 0.617. The summed E-state index contributed by atoms with van der Waals surface area (Å²) in [5.74, 6) is -1.82. The summed E-state index contributed by atoms with van der Waals surface area (Å²) in [4.78, 5) is 24.5. The number of rotatable bonds is 5. The Labute approximate surface area is 142 Å². The molecule has 0 saturated carbocycles. The topological polar surface area (TPSA) is 57.6 Å². The highest BCUT2D eigenvalue weighted by Crippen LogP contribution is 2.46. The minimum absolute atomic E-state index is 0.194. The van der Waals surface area contributed by atoms with E-state index in [4.69, 9.17) is 5.11 Å². The maximum Gasteiger partial charge on any atom is 0.406 e. The number of nitrogens with zero attached hydrogens (tertiary/aromatic N) is 1. The molecule has 4 nitrogen and oxygen atoms in total. The maximum absolute atomic E-state index is 13.1. The van der Waals surface area contributed by atoms with Crippen LogP contribution in [0.25, 0.3) is 0 Å². The van der Waals surface area contributed by atoms with E-state index in [1.807, 2.05) is 30.3 Å². The summed E-state index contributed by atoms with van der Waals surface area (Å²) in [5, 5.41) is 8.49. The van der Waals surface area contributed by atoms with E-state index in [1.165, 1.54) is 11.8 Å². The number of halogens is 3. The Hall–Kier alpha value is -1.70. The molecule has 0 spiro atoms. The number of hydrogen-bond donors (Lipinski definition) is 1. The van der Waals surface area contributed by atoms with Crippen molar-refractivity contribution in [3.63, 3.8) is 0 Å². The molecule has 1 aromatic carbocycles. The van der Waals surface area contributed by atoms with Crippen LogP contribution in [0, 0.1) is 5.41 Å². The van der Waals surface area contributed by atoms with Gasteiger partial charge in [0.05, 0.1) is 5.25 Å². The van der Waals surface area contributed by atoms with Crippen LogP contribution in [-0.2, 0) is 15.3 Å². The molecule has 2 atom stereocenters. The fraction of sp³-hybridized carbons (Fsp3) is 0.500. The lowest BCUT2D eigenvalue weighted by atomic mass is 9.86. The van der Waals surface area contributed by atoms with Crippen molar-refractivity contribution in [3.05, 3.63) is 35.9 Å². The highest BCUT2D eigenvalue weighted by Gasteiger charge is 2.64. The van der Waals surface area contributed by atoms with E-state index in [0.717, 1.165) is 10.5 Å². The number of amides is 1. The van der Waals surface area contributed by atoms with Gasteiger partial charge in [0.25, 0.3) is 0 Å². The number of hydrogen-bond acceptors (Lipinski definition) is 3. The highest BCUT2D eigenvalue weighted by molar-refractivity contribution is 7.99. The van der Waals surface area contributed by atoms with Crippen molar-refractivity contribution in [3.8, 4) is 0 Å². The van der Waals surface area contributed by atoms with E-state index in [9.17, 15) is 22.8 Å². The fourth-order valence-electron chi connectivity index (χ4n) is 2.65. The molecule has 1 fully saturated rings. The summed E-state index contributed by atoms with van der Waals surface area (Å²) in [6, 6.07) is 9.41. The van der Waals surface area contributed by atoms with Crippen LogP contribution in [0.5, 0.6) is 0 Å². The predicted octanol–water partition coefficient (Wildman–Crippen LogP) is 3.17. The van der Waals surface area contributed by atoms with Crippen molar-refractivity contribution in [1.29, 1.82) is 0 Å². The second kappa shape index (κ2) is 7.04. The molecular formula is C16H18F3NO3S. The van der Waals surface area contributed by atoms with E-state index >= 15 is 0 Å². The minimum atomic E-state index is -4.88. The molecule has 1 amide bonds. The first kappa shape index (κ1) is 18.6. The number of aliphatic carboxylic acids is 1. The molecule has 1 heterocycles. The van der Waals surface area contributed by atoms with Crippen LogP contribution in [-0.4, -0.2) is 46.4 Å². The molecular weight excluding hydrogens is 343 g/mol. The lowest BCUT2D eigenvalue weighted by Gasteiger charge is -2.28. The van der Waals surface area contributed by atoms with Gasteiger partial charge in [-0.3, -0.25) is 9.59 Å². The Bertz CT molecular complexity index is 608. The van der Waals surface area contributed by atoms with E-state index in [2.05, 4.69) is 0 Å². The van der Waals surface area contributed by atoms with Gasteiger partial charge in [-0.25, -0.2) is 0 Å². The Morgan fingerprint density at radius 3 is 2.46 bits per heavy atom. The molecule has 8 heteroatoms. The van der Waals surface area contributed by atoms with Gasteiger partial charge < -0.3 is 10.0 Å². The molecule has 24 heavy (non-hydrogen) atoms. The molecule has 1 aromatic rings. The van der Waals surface area contributed by atoms with Gasteiger partial charge in [-0.2, -0.15) is 13.2 Å². The third-order valence-electron chi connectivity index (χ3n) is 4.22. The number of benzene rings is 1. The van der Waals surface area contributed by atoms with Gasteiger partial charge >= 0.3 is 12.1 Å². The fourth-order valence-corrected chi connectivity index (χ4v) is 3.58.